The molecule has 0 unspecified atom stereocenters. The average Bonchev–Trinajstić information content (AvgIpc) is 3.15. The second-order valence-electron chi connectivity index (χ2n) is 5.88. The number of ketones is 1. The zero-order valence-corrected chi connectivity index (χ0v) is 15.4. The fraction of sp³-hybridized carbons (Fsp3) is 0. The van der Waals surface area contributed by atoms with Gasteiger partial charge in [0, 0.05) is 21.2 Å². The molecule has 1 aromatic heterocycles. The number of carbonyl (C=O) groups excluding carboxylic acids is 1. The van der Waals surface area contributed by atoms with E-state index in [0.717, 1.165) is 27.0 Å². The normalized spacial score (nSPS) is 10.7. The van der Waals surface area contributed by atoms with Crippen molar-refractivity contribution in [2.45, 2.75) is 0 Å². The van der Waals surface area contributed by atoms with E-state index in [9.17, 15) is 4.79 Å². The molecular weight excluding hydrogens is 388 g/mol. The van der Waals surface area contributed by atoms with Gasteiger partial charge in [0.15, 0.2) is 5.82 Å². The van der Waals surface area contributed by atoms with Gasteiger partial charge in [-0.3, -0.25) is 4.79 Å². The molecule has 0 aliphatic carbocycles. The quantitative estimate of drug-likeness (QED) is 0.442. The zero-order chi connectivity index (χ0) is 17.9. The van der Waals surface area contributed by atoms with E-state index in [1.807, 2.05) is 72.8 Å². The zero-order valence-electron chi connectivity index (χ0n) is 13.8. The van der Waals surface area contributed by atoms with Gasteiger partial charge in [-0.25, -0.2) is 4.98 Å². The molecule has 0 saturated carbocycles. The van der Waals surface area contributed by atoms with Gasteiger partial charge >= 0.3 is 0 Å². The van der Waals surface area contributed by atoms with Gasteiger partial charge in [-0.15, -0.1) is 0 Å². The summed E-state index contributed by atoms with van der Waals surface area (Å²) in [6.45, 7) is 0. The molecular formula is C22H15BrN2O. The van der Waals surface area contributed by atoms with Gasteiger partial charge in [0.05, 0.1) is 11.4 Å². The van der Waals surface area contributed by atoms with Crippen molar-refractivity contribution in [3.05, 3.63) is 101 Å². The molecule has 0 aliphatic heterocycles. The molecule has 1 N–H and O–H groups in total. The second-order valence-corrected chi connectivity index (χ2v) is 6.79. The van der Waals surface area contributed by atoms with Gasteiger partial charge in [0.2, 0.25) is 5.78 Å². The molecule has 4 aromatic rings. The summed E-state index contributed by atoms with van der Waals surface area (Å²) < 4.78 is 0.934. The minimum atomic E-state index is -0.128. The highest BCUT2D eigenvalue weighted by atomic mass is 79.9. The molecule has 0 fully saturated rings. The van der Waals surface area contributed by atoms with E-state index in [4.69, 9.17) is 0 Å². The number of hydrogen-bond donors (Lipinski definition) is 1. The first kappa shape index (κ1) is 16.5. The van der Waals surface area contributed by atoms with Crippen LogP contribution < -0.4 is 0 Å². The first-order valence-electron chi connectivity index (χ1n) is 8.23. The minimum absolute atomic E-state index is 0.128. The Kier molecular flexibility index (Phi) is 4.50. The van der Waals surface area contributed by atoms with Crippen molar-refractivity contribution in [3.8, 4) is 22.5 Å². The number of nitrogens with one attached hydrogen (secondary N) is 1. The summed E-state index contributed by atoms with van der Waals surface area (Å²) in [6.07, 6.45) is 0. The maximum Gasteiger partial charge on any atom is 0.228 e. The lowest BCUT2D eigenvalue weighted by Gasteiger charge is -2.02. The van der Waals surface area contributed by atoms with Gasteiger partial charge in [-0.1, -0.05) is 76.6 Å². The van der Waals surface area contributed by atoms with E-state index in [1.54, 1.807) is 12.1 Å². The molecule has 0 aliphatic rings. The SMILES string of the molecule is O=C(c1ccc(Br)cc1)c1nc(-c2ccccc2)c(-c2ccccc2)[nH]1. The predicted molar refractivity (Wildman–Crippen MR) is 107 cm³/mol. The van der Waals surface area contributed by atoms with Gasteiger partial charge in [-0.2, -0.15) is 0 Å². The van der Waals surface area contributed by atoms with E-state index < -0.39 is 0 Å². The van der Waals surface area contributed by atoms with Crippen LogP contribution in [0.4, 0.5) is 0 Å². The van der Waals surface area contributed by atoms with Crippen molar-refractivity contribution in [2.24, 2.45) is 0 Å². The smallest absolute Gasteiger partial charge is 0.228 e. The summed E-state index contributed by atoms with van der Waals surface area (Å²) in [4.78, 5) is 20.8. The summed E-state index contributed by atoms with van der Waals surface area (Å²) in [7, 11) is 0. The topological polar surface area (TPSA) is 45.8 Å². The molecule has 0 saturated heterocycles. The first-order chi connectivity index (χ1) is 12.7. The van der Waals surface area contributed by atoms with Crippen LogP contribution in [0.25, 0.3) is 22.5 Å². The molecule has 4 rings (SSSR count). The van der Waals surface area contributed by atoms with Gasteiger partial charge in [-0.05, 0) is 24.3 Å². The molecule has 26 heavy (non-hydrogen) atoms. The van der Waals surface area contributed by atoms with E-state index in [-0.39, 0.29) is 5.78 Å². The highest BCUT2D eigenvalue weighted by Crippen LogP contribution is 2.30. The van der Waals surface area contributed by atoms with Gasteiger partial charge in [0.1, 0.15) is 0 Å². The molecule has 0 spiro atoms. The number of H-pyrrole nitrogens is 1. The highest BCUT2D eigenvalue weighted by molar-refractivity contribution is 9.10. The summed E-state index contributed by atoms with van der Waals surface area (Å²) >= 11 is 3.39. The molecule has 0 atom stereocenters. The summed E-state index contributed by atoms with van der Waals surface area (Å²) in [5.74, 6) is 0.210. The third-order valence-corrected chi connectivity index (χ3v) is 4.66. The van der Waals surface area contributed by atoms with Crippen LogP contribution in [-0.2, 0) is 0 Å². The van der Waals surface area contributed by atoms with E-state index in [0.29, 0.717) is 11.4 Å². The standard InChI is InChI=1S/C22H15BrN2O/c23-18-13-11-17(12-14-18)21(26)22-24-19(15-7-3-1-4-8-15)20(25-22)16-9-5-2-6-10-16/h1-14H,(H,24,25). The van der Waals surface area contributed by atoms with Crippen LogP contribution in [0.1, 0.15) is 16.2 Å². The Hall–Kier alpha value is -2.98. The Morgan fingerprint density at radius 1 is 0.769 bits per heavy atom. The third-order valence-electron chi connectivity index (χ3n) is 4.13. The Labute approximate surface area is 159 Å². The molecule has 1 heterocycles. The third kappa shape index (κ3) is 3.24. The van der Waals surface area contributed by atoms with Crippen molar-refractivity contribution in [2.75, 3.05) is 0 Å². The van der Waals surface area contributed by atoms with E-state index >= 15 is 0 Å². The van der Waals surface area contributed by atoms with Crippen molar-refractivity contribution < 1.29 is 4.79 Å². The Morgan fingerprint density at radius 3 is 1.96 bits per heavy atom. The Morgan fingerprint density at radius 2 is 1.35 bits per heavy atom. The average molecular weight is 403 g/mol. The van der Waals surface area contributed by atoms with Crippen LogP contribution in [0.3, 0.4) is 0 Å². The minimum Gasteiger partial charge on any atom is -0.335 e. The monoisotopic (exact) mass is 402 g/mol. The lowest BCUT2D eigenvalue weighted by Crippen LogP contribution is -2.03. The lowest BCUT2D eigenvalue weighted by molar-refractivity contribution is 0.103. The number of halogens is 1. The Bertz CT molecular complexity index is 982. The number of aromatic amines is 1. The molecule has 3 aromatic carbocycles. The van der Waals surface area contributed by atoms with Crippen molar-refractivity contribution in [3.63, 3.8) is 0 Å². The van der Waals surface area contributed by atoms with Crippen molar-refractivity contribution in [1.29, 1.82) is 0 Å². The fourth-order valence-electron chi connectivity index (χ4n) is 2.84. The highest BCUT2D eigenvalue weighted by Gasteiger charge is 2.19. The molecule has 4 heteroatoms. The fourth-order valence-corrected chi connectivity index (χ4v) is 3.10. The van der Waals surface area contributed by atoms with Crippen molar-refractivity contribution in [1.82, 2.24) is 9.97 Å². The molecule has 0 radical (unpaired) electrons. The maximum absolute atomic E-state index is 12.9. The lowest BCUT2D eigenvalue weighted by atomic mass is 10.1. The molecule has 3 nitrogen and oxygen atoms in total. The van der Waals surface area contributed by atoms with Crippen LogP contribution in [0, 0.1) is 0 Å². The molecule has 126 valence electrons. The van der Waals surface area contributed by atoms with E-state index in [2.05, 4.69) is 25.9 Å². The van der Waals surface area contributed by atoms with Crippen LogP contribution in [-0.4, -0.2) is 15.8 Å². The number of hydrogen-bond acceptors (Lipinski definition) is 2. The number of aromatic nitrogens is 2. The Balaban J connectivity index is 1.83. The first-order valence-corrected chi connectivity index (χ1v) is 9.03. The second kappa shape index (κ2) is 7.10. The summed E-state index contributed by atoms with van der Waals surface area (Å²) in [6, 6.07) is 27.1. The van der Waals surface area contributed by atoms with Gasteiger partial charge < -0.3 is 4.98 Å². The summed E-state index contributed by atoms with van der Waals surface area (Å²) in [5, 5.41) is 0. The van der Waals surface area contributed by atoms with Crippen molar-refractivity contribution >= 4 is 21.7 Å². The number of carbonyl (C=O) groups is 1. The van der Waals surface area contributed by atoms with Crippen LogP contribution in [0.15, 0.2) is 89.4 Å². The number of rotatable bonds is 4. The van der Waals surface area contributed by atoms with Crippen LogP contribution in [0.2, 0.25) is 0 Å². The largest absolute Gasteiger partial charge is 0.335 e. The van der Waals surface area contributed by atoms with E-state index in [1.165, 1.54) is 0 Å². The predicted octanol–water partition coefficient (Wildman–Crippen LogP) is 5.74. The number of nitrogens with zero attached hydrogens (tertiary/aromatic N) is 1. The van der Waals surface area contributed by atoms with Crippen LogP contribution >= 0.6 is 15.9 Å². The summed E-state index contributed by atoms with van der Waals surface area (Å²) in [5.41, 5.74) is 4.18. The van der Waals surface area contributed by atoms with Crippen LogP contribution in [0.5, 0.6) is 0 Å². The molecule has 0 bridgehead atoms. The maximum atomic E-state index is 12.9. The number of imidazole rings is 1. The number of benzene rings is 3. The van der Waals surface area contributed by atoms with Gasteiger partial charge in [0.25, 0.3) is 0 Å². The molecule has 0 amide bonds.